The third kappa shape index (κ3) is 3.66. The minimum Gasteiger partial charge on any atom is -0.293 e. The molecule has 3 heteroatoms. The Morgan fingerprint density at radius 2 is 2.21 bits per heavy atom. The Bertz CT molecular complexity index is 372. The molecular formula is C11H14N2S. The zero-order chi connectivity index (χ0) is 10.4. The molecule has 0 N–H and O–H groups in total. The Hall–Kier alpha value is -1.22. The fraction of sp³-hybridized carbons (Fsp3) is 0.273. The lowest BCUT2D eigenvalue weighted by atomic mass is 10.4. The second kappa shape index (κ2) is 5.50. The van der Waals surface area contributed by atoms with Crippen LogP contribution in [0.2, 0.25) is 0 Å². The van der Waals surface area contributed by atoms with Crippen molar-refractivity contribution in [3.05, 3.63) is 29.2 Å². The SMILES string of the molecule is CN=C(C)/C=C\C=Nc1ccc(C)s1. The maximum atomic E-state index is 4.29. The van der Waals surface area contributed by atoms with Crippen LogP contribution < -0.4 is 0 Å². The lowest BCUT2D eigenvalue weighted by Crippen LogP contribution is -1.81. The second-order valence-electron chi connectivity index (χ2n) is 2.89. The van der Waals surface area contributed by atoms with E-state index in [1.165, 1.54) is 4.88 Å². The third-order valence-electron chi connectivity index (χ3n) is 1.70. The van der Waals surface area contributed by atoms with E-state index in [-0.39, 0.29) is 0 Å². The van der Waals surface area contributed by atoms with Crippen molar-refractivity contribution in [2.75, 3.05) is 7.05 Å². The average molecular weight is 206 g/mol. The van der Waals surface area contributed by atoms with E-state index < -0.39 is 0 Å². The summed E-state index contributed by atoms with van der Waals surface area (Å²) in [4.78, 5) is 9.58. The van der Waals surface area contributed by atoms with Gasteiger partial charge in [0.2, 0.25) is 0 Å². The normalized spacial score (nSPS) is 13.2. The monoisotopic (exact) mass is 206 g/mol. The van der Waals surface area contributed by atoms with Gasteiger partial charge in [0.15, 0.2) is 0 Å². The van der Waals surface area contributed by atoms with Crippen LogP contribution >= 0.6 is 11.3 Å². The first-order valence-corrected chi connectivity index (χ1v) is 5.24. The van der Waals surface area contributed by atoms with Crippen molar-refractivity contribution in [2.24, 2.45) is 9.98 Å². The zero-order valence-electron chi connectivity index (χ0n) is 8.69. The lowest BCUT2D eigenvalue weighted by molar-refractivity contribution is 1.43. The van der Waals surface area contributed by atoms with Gasteiger partial charge in [0.05, 0.1) is 0 Å². The van der Waals surface area contributed by atoms with Gasteiger partial charge in [-0.05, 0) is 38.1 Å². The minimum absolute atomic E-state index is 0.999. The van der Waals surface area contributed by atoms with Crippen molar-refractivity contribution in [2.45, 2.75) is 13.8 Å². The Morgan fingerprint density at radius 1 is 1.43 bits per heavy atom. The van der Waals surface area contributed by atoms with Gasteiger partial charge in [-0.3, -0.25) is 4.99 Å². The van der Waals surface area contributed by atoms with Crippen molar-refractivity contribution in [1.82, 2.24) is 0 Å². The van der Waals surface area contributed by atoms with Crippen LogP contribution in [0.25, 0.3) is 0 Å². The van der Waals surface area contributed by atoms with Crippen molar-refractivity contribution in [3.63, 3.8) is 0 Å². The van der Waals surface area contributed by atoms with E-state index in [2.05, 4.69) is 23.0 Å². The van der Waals surface area contributed by atoms with Crippen LogP contribution in [0.3, 0.4) is 0 Å². The predicted molar refractivity (Wildman–Crippen MR) is 65.4 cm³/mol. The molecule has 1 aromatic heterocycles. The van der Waals surface area contributed by atoms with Crippen molar-refractivity contribution >= 4 is 28.3 Å². The number of hydrogen-bond acceptors (Lipinski definition) is 3. The van der Waals surface area contributed by atoms with E-state index in [4.69, 9.17) is 0 Å². The molecule has 0 aliphatic heterocycles. The van der Waals surface area contributed by atoms with Crippen LogP contribution in [0.4, 0.5) is 5.00 Å². The Kier molecular flexibility index (Phi) is 4.26. The quantitative estimate of drug-likeness (QED) is 0.677. The zero-order valence-corrected chi connectivity index (χ0v) is 9.51. The van der Waals surface area contributed by atoms with Gasteiger partial charge in [0.25, 0.3) is 0 Å². The van der Waals surface area contributed by atoms with Crippen LogP contribution in [0.5, 0.6) is 0 Å². The van der Waals surface area contributed by atoms with Crippen molar-refractivity contribution in [3.8, 4) is 0 Å². The van der Waals surface area contributed by atoms with Crippen LogP contribution in [0, 0.1) is 6.92 Å². The fourth-order valence-corrected chi connectivity index (χ4v) is 1.58. The molecule has 0 atom stereocenters. The highest BCUT2D eigenvalue weighted by atomic mass is 32.1. The molecule has 0 fully saturated rings. The summed E-state index contributed by atoms with van der Waals surface area (Å²) >= 11 is 1.69. The first-order valence-electron chi connectivity index (χ1n) is 4.43. The molecule has 0 aliphatic carbocycles. The largest absolute Gasteiger partial charge is 0.293 e. The summed E-state index contributed by atoms with van der Waals surface area (Å²) < 4.78 is 0. The fourth-order valence-electron chi connectivity index (χ4n) is 0.864. The van der Waals surface area contributed by atoms with E-state index in [0.717, 1.165) is 10.7 Å². The molecule has 0 unspecified atom stereocenters. The number of hydrogen-bond donors (Lipinski definition) is 0. The van der Waals surface area contributed by atoms with Gasteiger partial charge in [-0.15, -0.1) is 11.3 Å². The number of aliphatic imine (C=N–C) groups is 2. The Labute approximate surface area is 88.7 Å². The molecule has 0 spiro atoms. The van der Waals surface area contributed by atoms with E-state index in [1.807, 2.05) is 25.1 Å². The maximum absolute atomic E-state index is 4.29. The molecule has 0 bridgehead atoms. The molecular weight excluding hydrogens is 192 g/mol. The first-order chi connectivity index (χ1) is 6.72. The van der Waals surface area contributed by atoms with Crippen LogP contribution in [0.1, 0.15) is 11.8 Å². The van der Waals surface area contributed by atoms with E-state index in [1.54, 1.807) is 24.6 Å². The molecule has 1 aromatic rings. The molecule has 2 nitrogen and oxygen atoms in total. The van der Waals surface area contributed by atoms with Crippen LogP contribution in [-0.4, -0.2) is 19.0 Å². The topological polar surface area (TPSA) is 24.7 Å². The number of rotatable bonds is 3. The van der Waals surface area contributed by atoms with Gasteiger partial charge in [-0.1, -0.05) is 0 Å². The summed E-state index contributed by atoms with van der Waals surface area (Å²) in [5, 5.41) is 1.04. The van der Waals surface area contributed by atoms with Crippen molar-refractivity contribution < 1.29 is 0 Å². The summed E-state index contributed by atoms with van der Waals surface area (Å²) in [7, 11) is 1.78. The van der Waals surface area contributed by atoms with E-state index in [9.17, 15) is 0 Å². The summed E-state index contributed by atoms with van der Waals surface area (Å²) in [6.07, 6.45) is 5.63. The standard InChI is InChI=1S/C11H14N2S/c1-9(12-3)5-4-8-13-11-7-6-10(2)14-11/h4-8H,1-3H3/b5-4-,12-9?,13-8?. The average Bonchev–Trinajstić information content (AvgIpc) is 2.58. The summed E-state index contributed by atoms with van der Waals surface area (Å²) in [5.41, 5.74) is 0.999. The molecule has 0 amide bonds. The number of allylic oxidation sites excluding steroid dienone is 2. The lowest BCUT2D eigenvalue weighted by Gasteiger charge is -1.84. The highest BCUT2D eigenvalue weighted by Gasteiger charge is 1.89. The molecule has 0 saturated heterocycles. The Morgan fingerprint density at radius 3 is 2.79 bits per heavy atom. The molecule has 14 heavy (non-hydrogen) atoms. The highest BCUT2D eigenvalue weighted by molar-refractivity contribution is 7.15. The van der Waals surface area contributed by atoms with Crippen LogP contribution in [0.15, 0.2) is 34.3 Å². The van der Waals surface area contributed by atoms with Gasteiger partial charge in [-0.25, -0.2) is 4.99 Å². The van der Waals surface area contributed by atoms with E-state index >= 15 is 0 Å². The summed E-state index contributed by atoms with van der Waals surface area (Å²) in [5.74, 6) is 0. The highest BCUT2D eigenvalue weighted by Crippen LogP contribution is 2.23. The van der Waals surface area contributed by atoms with Gasteiger partial charge < -0.3 is 0 Å². The molecule has 1 heterocycles. The van der Waals surface area contributed by atoms with E-state index in [0.29, 0.717) is 0 Å². The molecule has 1 rings (SSSR count). The predicted octanol–water partition coefficient (Wildman–Crippen LogP) is 3.41. The molecule has 0 radical (unpaired) electrons. The molecule has 74 valence electrons. The molecule has 0 aromatic carbocycles. The molecule has 0 saturated carbocycles. The second-order valence-corrected chi connectivity index (χ2v) is 4.15. The smallest absolute Gasteiger partial charge is 0.116 e. The van der Waals surface area contributed by atoms with Gasteiger partial charge in [0.1, 0.15) is 5.00 Å². The summed E-state index contributed by atoms with van der Waals surface area (Å²) in [6.45, 7) is 4.03. The van der Waals surface area contributed by atoms with Crippen LogP contribution in [-0.2, 0) is 0 Å². The van der Waals surface area contributed by atoms with Gasteiger partial charge in [-0.2, -0.15) is 0 Å². The third-order valence-corrected chi connectivity index (χ3v) is 2.61. The first kappa shape index (κ1) is 10.9. The van der Waals surface area contributed by atoms with Crippen molar-refractivity contribution in [1.29, 1.82) is 0 Å². The van der Waals surface area contributed by atoms with Gasteiger partial charge >= 0.3 is 0 Å². The number of thiophene rings is 1. The maximum Gasteiger partial charge on any atom is 0.116 e. The number of aryl methyl sites for hydroxylation is 1. The Balaban J connectivity index is 2.53. The van der Waals surface area contributed by atoms with Gasteiger partial charge in [0, 0.05) is 23.9 Å². The number of nitrogens with zero attached hydrogens (tertiary/aromatic N) is 2. The minimum atomic E-state index is 0.999. The summed E-state index contributed by atoms with van der Waals surface area (Å²) in [6, 6.07) is 4.09. The molecule has 0 aliphatic rings.